The van der Waals surface area contributed by atoms with E-state index in [9.17, 15) is 13.6 Å². The molecule has 0 saturated carbocycles. The number of ether oxygens (including phenoxy) is 1. The minimum absolute atomic E-state index is 0.255. The predicted octanol–water partition coefficient (Wildman–Crippen LogP) is 3.56. The Morgan fingerprint density at radius 3 is 2.56 bits per heavy atom. The van der Waals surface area contributed by atoms with E-state index in [-0.39, 0.29) is 5.56 Å². The molecule has 18 heavy (non-hydrogen) atoms. The molecular weight excluding hydrogens is 238 g/mol. The number of carbonyl (C=O) groups excluding carboxylic acids is 1. The summed E-state index contributed by atoms with van der Waals surface area (Å²) in [6.45, 7) is 1.28. The molecule has 2 aromatic rings. The number of hydrogen-bond acceptors (Lipinski definition) is 2. The van der Waals surface area contributed by atoms with Gasteiger partial charge in [-0.2, -0.15) is 0 Å². The third kappa shape index (κ3) is 2.71. The Hall–Kier alpha value is -2.23. The molecule has 0 atom stereocenters. The summed E-state index contributed by atoms with van der Waals surface area (Å²) in [4.78, 5) is 10.8. The second-order valence-electron chi connectivity index (χ2n) is 3.75. The van der Waals surface area contributed by atoms with Crippen LogP contribution < -0.4 is 4.74 Å². The molecule has 0 radical (unpaired) electrons. The van der Waals surface area contributed by atoms with E-state index in [1.165, 1.54) is 25.1 Å². The maximum absolute atomic E-state index is 13.6. The van der Waals surface area contributed by atoms with Crippen LogP contribution in [0.4, 0.5) is 8.78 Å². The summed E-state index contributed by atoms with van der Waals surface area (Å²) in [6.07, 6.45) is 0. The standard InChI is InChI=1S/C14H10F2O2/c1-9(17)18-12-4-2-3-10(7-12)13-6-5-11(15)8-14(13)16/h2-8H,1H3. The van der Waals surface area contributed by atoms with Gasteiger partial charge >= 0.3 is 5.97 Å². The fraction of sp³-hybridized carbons (Fsp3) is 0.0714. The fourth-order valence-electron chi connectivity index (χ4n) is 1.62. The first-order valence-corrected chi connectivity index (χ1v) is 5.30. The van der Waals surface area contributed by atoms with E-state index in [1.807, 2.05) is 0 Å². The first-order chi connectivity index (χ1) is 8.56. The smallest absolute Gasteiger partial charge is 0.308 e. The van der Waals surface area contributed by atoms with Crippen LogP contribution in [0.25, 0.3) is 11.1 Å². The molecule has 0 aliphatic carbocycles. The molecule has 0 aliphatic heterocycles. The van der Waals surface area contributed by atoms with Crippen LogP contribution in [0.3, 0.4) is 0 Å². The van der Waals surface area contributed by atoms with Crippen LogP contribution in [0, 0.1) is 11.6 Å². The Morgan fingerprint density at radius 2 is 1.89 bits per heavy atom. The van der Waals surface area contributed by atoms with E-state index in [2.05, 4.69) is 0 Å². The number of halogens is 2. The molecule has 2 aromatic carbocycles. The highest BCUT2D eigenvalue weighted by molar-refractivity contribution is 5.71. The van der Waals surface area contributed by atoms with Gasteiger partial charge in [0.25, 0.3) is 0 Å². The first kappa shape index (κ1) is 12.2. The zero-order valence-corrected chi connectivity index (χ0v) is 9.61. The SMILES string of the molecule is CC(=O)Oc1cccc(-c2ccc(F)cc2F)c1. The van der Waals surface area contributed by atoms with Gasteiger partial charge in [0.1, 0.15) is 17.4 Å². The Balaban J connectivity index is 2.41. The average molecular weight is 248 g/mol. The minimum Gasteiger partial charge on any atom is -0.427 e. The normalized spacial score (nSPS) is 10.2. The van der Waals surface area contributed by atoms with Crippen molar-refractivity contribution in [3.05, 3.63) is 54.1 Å². The molecule has 0 fully saturated rings. The molecule has 0 unspecified atom stereocenters. The first-order valence-electron chi connectivity index (χ1n) is 5.30. The summed E-state index contributed by atoms with van der Waals surface area (Å²) in [6, 6.07) is 9.74. The van der Waals surface area contributed by atoms with Crippen LogP contribution in [0.1, 0.15) is 6.92 Å². The molecule has 2 nitrogen and oxygen atoms in total. The maximum Gasteiger partial charge on any atom is 0.308 e. The highest BCUT2D eigenvalue weighted by atomic mass is 19.1. The highest BCUT2D eigenvalue weighted by Crippen LogP contribution is 2.26. The van der Waals surface area contributed by atoms with Crippen LogP contribution >= 0.6 is 0 Å². The highest BCUT2D eigenvalue weighted by Gasteiger charge is 2.07. The Kier molecular flexibility index (Phi) is 3.37. The van der Waals surface area contributed by atoms with Crippen molar-refractivity contribution in [3.8, 4) is 16.9 Å². The number of rotatable bonds is 2. The van der Waals surface area contributed by atoms with E-state index in [4.69, 9.17) is 4.74 Å². The molecular formula is C14H10F2O2. The van der Waals surface area contributed by atoms with Gasteiger partial charge in [0, 0.05) is 18.6 Å². The molecule has 0 spiro atoms. The zero-order valence-electron chi connectivity index (χ0n) is 9.61. The molecule has 4 heteroatoms. The van der Waals surface area contributed by atoms with Crippen molar-refractivity contribution in [1.29, 1.82) is 0 Å². The van der Waals surface area contributed by atoms with E-state index in [0.717, 1.165) is 6.07 Å². The second kappa shape index (κ2) is 4.96. The molecule has 0 bridgehead atoms. The van der Waals surface area contributed by atoms with Crippen molar-refractivity contribution in [2.75, 3.05) is 0 Å². The molecule has 0 amide bonds. The predicted molar refractivity (Wildman–Crippen MR) is 63.1 cm³/mol. The van der Waals surface area contributed by atoms with E-state index in [1.54, 1.807) is 18.2 Å². The molecule has 92 valence electrons. The summed E-state index contributed by atoms with van der Waals surface area (Å²) in [5.41, 5.74) is 0.775. The van der Waals surface area contributed by atoms with Gasteiger partial charge in [0.05, 0.1) is 0 Å². The molecule has 0 heterocycles. The van der Waals surface area contributed by atoms with E-state index >= 15 is 0 Å². The fourth-order valence-corrected chi connectivity index (χ4v) is 1.62. The third-order valence-electron chi connectivity index (χ3n) is 2.34. The Bertz CT molecular complexity index is 594. The number of hydrogen-bond donors (Lipinski definition) is 0. The van der Waals surface area contributed by atoms with Crippen molar-refractivity contribution >= 4 is 5.97 Å². The van der Waals surface area contributed by atoms with Crippen LogP contribution in [0.5, 0.6) is 5.75 Å². The molecule has 0 saturated heterocycles. The van der Waals surface area contributed by atoms with E-state index in [0.29, 0.717) is 11.3 Å². The number of carbonyl (C=O) groups is 1. The van der Waals surface area contributed by atoms with Gasteiger partial charge in [-0.1, -0.05) is 12.1 Å². The lowest BCUT2D eigenvalue weighted by molar-refractivity contribution is -0.131. The average Bonchev–Trinajstić information content (AvgIpc) is 2.28. The summed E-state index contributed by atoms with van der Waals surface area (Å²) in [5.74, 6) is -1.42. The van der Waals surface area contributed by atoms with Crippen molar-refractivity contribution in [2.24, 2.45) is 0 Å². The maximum atomic E-state index is 13.6. The Morgan fingerprint density at radius 1 is 1.11 bits per heavy atom. The molecule has 0 aromatic heterocycles. The number of esters is 1. The van der Waals surface area contributed by atoms with Crippen molar-refractivity contribution in [2.45, 2.75) is 6.92 Å². The van der Waals surface area contributed by atoms with Crippen LogP contribution in [0.2, 0.25) is 0 Å². The zero-order chi connectivity index (χ0) is 13.1. The summed E-state index contributed by atoms with van der Waals surface area (Å²) in [5, 5.41) is 0. The monoisotopic (exact) mass is 248 g/mol. The molecule has 0 aliphatic rings. The van der Waals surface area contributed by atoms with Crippen LogP contribution in [0.15, 0.2) is 42.5 Å². The lowest BCUT2D eigenvalue weighted by atomic mass is 10.0. The largest absolute Gasteiger partial charge is 0.427 e. The van der Waals surface area contributed by atoms with Gasteiger partial charge in [0.15, 0.2) is 0 Å². The lowest BCUT2D eigenvalue weighted by Gasteiger charge is -2.06. The Labute approximate surface area is 103 Å². The topological polar surface area (TPSA) is 26.3 Å². The summed E-state index contributed by atoms with van der Waals surface area (Å²) < 4.78 is 31.3. The lowest BCUT2D eigenvalue weighted by Crippen LogP contribution is -2.01. The summed E-state index contributed by atoms with van der Waals surface area (Å²) >= 11 is 0. The van der Waals surface area contributed by atoms with Crippen LogP contribution in [-0.4, -0.2) is 5.97 Å². The van der Waals surface area contributed by atoms with Gasteiger partial charge in [0.2, 0.25) is 0 Å². The van der Waals surface area contributed by atoms with Crippen molar-refractivity contribution < 1.29 is 18.3 Å². The molecule has 2 rings (SSSR count). The van der Waals surface area contributed by atoms with Crippen LogP contribution in [-0.2, 0) is 4.79 Å². The van der Waals surface area contributed by atoms with Gasteiger partial charge in [-0.3, -0.25) is 4.79 Å². The summed E-state index contributed by atoms with van der Waals surface area (Å²) in [7, 11) is 0. The number of benzene rings is 2. The van der Waals surface area contributed by atoms with Gasteiger partial charge < -0.3 is 4.74 Å². The molecule has 0 N–H and O–H groups in total. The van der Waals surface area contributed by atoms with Gasteiger partial charge in [-0.05, 0) is 29.8 Å². The van der Waals surface area contributed by atoms with Gasteiger partial charge in [-0.15, -0.1) is 0 Å². The minimum atomic E-state index is -0.657. The van der Waals surface area contributed by atoms with Crippen molar-refractivity contribution in [1.82, 2.24) is 0 Å². The van der Waals surface area contributed by atoms with Gasteiger partial charge in [-0.25, -0.2) is 8.78 Å². The quantitative estimate of drug-likeness (QED) is 0.600. The van der Waals surface area contributed by atoms with E-state index < -0.39 is 17.6 Å². The van der Waals surface area contributed by atoms with Crippen molar-refractivity contribution in [3.63, 3.8) is 0 Å². The second-order valence-corrected chi connectivity index (χ2v) is 3.75. The third-order valence-corrected chi connectivity index (χ3v) is 2.34.